The second kappa shape index (κ2) is 7.53. The second-order valence-electron chi connectivity index (χ2n) is 6.41. The van der Waals surface area contributed by atoms with Crippen molar-refractivity contribution in [2.75, 3.05) is 0 Å². The van der Waals surface area contributed by atoms with E-state index in [1.54, 1.807) is 24.3 Å². The molecule has 0 saturated heterocycles. The Hall–Kier alpha value is -2.97. The van der Waals surface area contributed by atoms with Crippen LogP contribution in [-0.2, 0) is 4.74 Å². The average Bonchev–Trinajstić information content (AvgIpc) is 2.58. The maximum absolute atomic E-state index is 12.3. The van der Waals surface area contributed by atoms with Crippen LogP contribution in [0.3, 0.4) is 0 Å². The summed E-state index contributed by atoms with van der Waals surface area (Å²) in [4.78, 5) is 12.3. The van der Waals surface area contributed by atoms with E-state index in [0.29, 0.717) is 5.56 Å². The van der Waals surface area contributed by atoms with Crippen molar-refractivity contribution in [2.45, 2.75) is 26.9 Å². The van der Waals surface area contributed by atoms with Crippen molar-refractivity contribution in [2.24, 2.45) is 5.41 Å². The van der Waals surface area contributed by atoms with Crippen molar-refractivity contribution < 1.29 is 9.53 Å². The molecule has 2 aromatic carbocycles. The molecule has 2 aromatic rings. The highest BCUT2D eigenvalue weighted by Gasteiger charge is 2.18. The first-order valence-corrected chi connectivity index (χ1v) is 7.75. The molecule has 0 spiro atoms. The first kappa shape index (κ1) is 17.4. The maximum atomic E-state index is 12.3. The van der Waals surface area contributed by atoms with Gasteiger partial charge < -0.3 is 4.74 Å². The fraction of sp³-hybridized carbons (Fsp3) is 0.227. The van der Waals surface area contributed by atoms with Crippen LogP contribution in [0.4, 0.5) is 0 Å². The van der Waals surface area contributed by atoms with E-state index in [2.05, 4.69) is 17.8 Å². The first-order chi connectivity index (χ1) is 11.4. The van der Waals surface area contributed by atoms with Gasteiger partial charge in [0.1, 0.15) is 0 Å². The van der Waals surface area contributed by atoms with Crippen LogP contribution in [0.2, 0.25) is 0 Å². The predicted octanol–water partition coefficient (Wildman–Crippen LogP) is 4.62. The minimum absolute atomic E-state index is 0.126. The topological polar surface area (TPSA) is 26.3 Å². The van der Waals surface area contributed by atoms with Crippen LogP contribution < -0.4 is 0 Å². The molecule has 0 aliphatic heterocycles. The highest BCUT2D eigenvalue weighted by molar-refractivity contribution is 5.89. The van der Waals surface area contributed by atoms with Crippen LogP contribution in [0.5, 0.6) is 0 Å². The predicted molar refractivity (Wildman–Crippen MR) is 96.2 cm³/mol. The number of hydrogen-bond donors (Lipinski definition) is 0. The molecule has 1 atom stereocenters. The van der Waals surface area contributed by atoms with E-state index in [1.165, 1.54) is 0 Å². The van der Waals surface area contributed by atoms with Crippen LogP contribution in [0, 0.1) is 29.6 Å². The number of hydrogen-bond acceptors (Lipinski definition) is 2. The lowest BCUT2D eigenvalue weighted by Gasteiger charge is -2.15. The molecule has 0 amide bonds. The van der Waals surface area contributed by atoms with E-state index in [-0.39, 0.29) is 5.41 Å². The van der Waals surface area contributed by atoms with Crippen LogP contribution >= 0.6 is 0 Å². The van der Waals surface area contributed by atoms with Crippen molar-refractivity contribution in [3.8, 4) is 24.2 Å². The Balaban J connectivity index is 2.30. The number of rotatable bonds is 3. The lowest BCUT2D eigenvalue weighted by molar-refractivity contribution is 0.0407. The van der Waals surface area contributed by atoms with E-state index in [0.717, 1.165) is 11.1 Å². The Morgan fingerprint density at radius 3 is 2.29 bits per heavy atom. The molecule has 0 aliphatic rings. The Bertz CT molecular complexity index is 809. The number of esters is 1. The molecule has 0 heterocycles. The summed E-state index contributed by atoms with van der Waals surface area (Å²) in [7, 11) is 0. The third-order valence-corrected chi connectivity index (χ3v) is 3.20. The van der Waals surface area contributed by atoms with E-state index >= 15 is 0 Å². The minimum atomic E-state index is -0.775. The Morgan fingerprint density at radius 1 is 1.04 bits per heavy atom. The molecule has 0 bridgehead atoms. The van der Waals surface area contributed by atoms with Gasteiger partial charge >= 0.3 is 5.97 Å². The summed E-state index contributed by atoms with van der Waals surface area (Å²) in [5.41, 5.74) is 1.84. The smallest absolute Gasteiger partial charge is 0.339 e. The molecule has 0 radical (unpaired) electrons. The van der Waals surface area contributed by atoms with Gasteiger partial charge in [0.05, 0.1) is 5.56 Å². The average molecular weight is 316 g/mol. The van der Waals surface area contributed by atoms with Gasteiger partial charge in [-0.3, -0.25) is 0 Å². The summed E-state index contributed by atoms with van der Waals surface area (Å²) in [6, 6.07) is 16.3. The third kappa shape index (κ3) is 4.77. The number of benzene rings is 2. The van der Waals surface area contributed by atoms with Gasteiger partial charge in [0.25, 0.3) is 0 Å². The monoisotopic (exact) mass is 316 g/mol. The van der Waals surface area contributed by atoms with Gasteiger partial charge in [-0.1, -0.05) is 54.2 Å². The van der Waals surface area contributed by atoms with E-state index < -0.39 is 12.1 Å². The third-order valence-electron chi connectivity index (χ3n) is 3.20. The van der Waals surface area contributed by atoms with Gasteiger partial charge in [-0.15, -0.1) is 6.42 Å². The Labute approximate surface area is 143 Å². The largest absolute Gasteiger partial charge is 0.441 e. The summed E-state index contributed by atoms with van der Waals surface area (Å²) in [5.74, 6) is 8.43. The summed E-state index contributed by atoms with van der Waals surface area (Å²) in [5, 5.41) is 0. The van der Waals surface area contributed by atoms with Crippen LogP contribution in [0.25, 0.3) is 0 Å². The highest BCUT2D eigenvalue weighted by Crippen LogP contribution is 2.22. The van der Waals surface area contributed by atoms with E-state index in [1.807, 2.05) is 51.1 Å². The zero-order valence-corrected chi connectivity index (χ0v) is 14.2. The van der Waals surface area contributed by atoms with Gasteiger partial charge in [-0.25, -0.2) is 4.79 Å². The van der Waals surface area contributed by atoms with Gasteiger partial charge in [0, 0.05) is 16.5 Å². The van der Waals surface area contributed by atoms with Crippen molar-refractivity contribution in [3.05, 3.63) is 71.3 Å². The van der Waals surface area contributed by atoms with Gasteiger partial charge in [0.15, 0.2) is 6.10 Å². The molecule has 0 saturated carbocycles. The zero-order chi connectivity index (χ0) is 17.6. The van der Waals surface area contributed by atoms with Crippen molar-refractivity contribution in [1.82, 2.24) is 0 Å². The van der Waals surface area contributed by atoms with Crippen molar-refractivity contribution in [3.63, 3.8) is 0 Å². The SMILES string of the molecule is C#CC(OC(=O)c1ccccc1)c1ccccc1C#CC(C)(C)C. The van der Waals surface area contributed by atoms with Crippen molar-refractivity contribution >= 4 is 5.97 Å². The van der Waals surface area contributed by atoms with Crippen LogP contribution in [0.15, 0.2) is 54.6 Å². The molecule has 2 nitrogen and oxygen atoms in total. The molecule has 0 fully saturated rings. The normalized spacial score (nSPS) is 11.6. The van der Waals surface area contributed by atoms with E-state index in [4.69, 9.17) is 11.2 Å². The molecule has 0 N–H and O–H groups in total. The Morgan fingerprint density at radius 2 is 1.67 bits per heavy atom. The second-order valence-corrected chi connectivity index (χ2v) is 6.41. The van der Waals surface area contributed by atoms with Gasteiger partial charge in [-0.2, -0.15) is 0 Å². The maximum Gasteiger partial charge on any atom is 0.339 e. The first-order valence-electron chi connectivity index (χ1n) is 7.75. The molecule has 1 unspecified atom stereocenters. The molecule has 2 heteroatoms. The fourth-order valence-corrected chi connectivity index (χ4v) is 2.03. The zero-order valence-electron chi connectivity index (χ0n) is 14.2. The number of terminal acetylenes is 1. The molecule has 0 aliphatic carbocycles. The van der Waals surface area contributed by atoms with Crippen molar-refractivity contribution in [1.29, 1.82) is 0 Å². The molecule has 0 aromatic heterocycles. The Kier molecular flexibility index (Phi) is 5.46. The van der Waals surface area contributed by atoms with Crippen LogP contribution in [0.1, 0.15) is 48.4 Å². The highest BCUT2D eigenvalue weighted by atomic mass is 16.5. The lowest BCUT2D eigenvalue weighted by Crippen LogP contribution is -2.11. The quantitative estimate of drug-likeness (QED) is 0.610. The number of carbonyl (C=O) groups excluding carboxylic acids is 1. The number of carbonyl (C=O) groups is 1. The van der Waals surface area contributed by atoms with Gasteiger partial charge in [-0.05, 0) is 39.0 Å². The molecular weight excluding hydrogens is 296 g/mol. The molecule has 120 valence electrons. The molecule has 2 rings (SSSR count). The summed E-state index contributed by atoms with van der Waals surface area (Å²) < 4.78 is 5.50. The standard InChI is InChI=1S/C22H20O2/c1-5-20(24-21(23)18-12-7-6-8-13-18)19-14-10-9-11-17(19)15-16-22(2,3)4/h1,6-14,20H,2-4H3. The minimum Gasteiger partial charge on any atom is -0.441 e. The van der Waals surface area contributed by atoms with Crippen LogP contribution in [-0.4, -0.2) is 5.97 Å². The molecular formula is C22H20O2. The van der Waals surface area contributed by atoms with Gasteiger partial charge in [0.2, 0.25) is 0 Å². The lowest BCUT2D eigenvalue weighted by atomic mass is 9.96. The fourth-order valence-electron chi connectivity index (χ4n) is 2.03. The summed E-state index contributed by atoms with van der Waals surface area (Å²) in [6.07, 6.45) is 4.83. The molecule has 24 heavy (non-hydrogen) atoms. The summed E-state index contributed by atoms with van der Waals surface area (Å²) in [6.45, 7) is 6.12. The summed E-state index contributed by atoms with van der Waals surface area (Å²) >= 11 is 0. The number of ether oxygens (including phenoxy) is 1. The van der Waals surface area contributed by atoms with E-state index in [9.17, 15) is 4.79 Å².